The van der Waals surface area contributed by atoms with E-state index in [1.54, 1.807) is 41.5 Å². The zero-order chi connectivity index (χ0) is 20.7. The molecular formula is C17H28N2O7. The Balaban J connectivity index is 3.29. The number of nitrogens with one attached hydrogen (secondary N) is 1. The Labute approximate surface area is 152 Å². The van der Waals surface area contributed by atoms with E-state index in [1.165, 1.54) is 0 Å². The number of hydrogen-bond acceptors (Lipinski definition) is 6. The molecule has 1 rings (SSSR count). The van der Waals surface area contributed by atoms with Crippen LogP contribution in [0.15, 0.2) is 0 Å². The predicted molar refractivity (Wildman–Crippen MR) is 91.5 cm³/mol. The fourth-order valence-electron chi connectivity index (χ4n) is 3.46. The second kappa shape index (κ2) is 6.53. The summed E-state index contributed by atoms with van der Waals surface area (Å²) in [6, 6.07) is -1.38. The summed E-state index contributed by atoms with van der Waals surface area (Å²) in [5.74, 6) is -3.36. The molecule has 1 aliphatic carbocycles. The maximum Gasteiger partial charge on any atom is 0.408 e. The lowest BCUT2D eigenvalue weighted by atomic mass is 9.69. The first kappa shape index (κ1) is 21.9. The summed E-state index contributed by atoms with van der Waals surface area (Å²) in [7, 11) is 0. The number of ketones is 1. The minimum atomic E-state index is -1.90. The Morgan fingerprint density at radius 2 is 1.62 bits per heavy atom. The molecule has 0 aliphatic heterocycles. The first-order chi connectivity index (χ1) is 11.5. The molecule has 0 heterocycles. The summed E-state index contributed by atoms with van der Waals surface area (Å²) >= 11 is 0. The molecule has 9 nitrogen and oxygen atoms in total. The van der Waals surface area contributed by atoms with Gasteiger partial charge in [-0.15, -0.1) is 0 Å². The van der Waals surface area contributed by atoms with E-state index in [0.717, 1.165) is 0 Å². The monoisotopic (exact) mass is 372 g/mol. The zero-order valence-corrected chi connectivity index (χ0v) is 16.0. The van der Waals surface area contributed by atoms with Crippen molar-refractivity contribution in [2.24, 2.45) is 16.6 Å². The predicted octanol–water partition coefficient (Wildman–Crippen LogP) is 1.14. The highest BCUT2D eigenvalue weighted by Gasteiger charge is 2.81. The van der Waals surface area contributed by atoms with Crippen molar-refractivity contribution >= 4 is 23.8 Å². The van der Waals surface area contributed by atoms with Crippen molar-refractivity contribution in [2.75, 3.05) is 0 Å². The molecule has 0 bridgehead atoms. The van der Waals surface area contributed by atoms with Crippen molar-refractivity contribution in [2.45, 2.75) is 71.6 Å². The van der Waals surface area contributed by atoms with Crippen molar-refractivity contribution < 1.29 is 34.1 Å². The molecule has 0 radical (unpaired) electrons. The lowest BCUT2D eigenvalue weighted by Gasteiger charge is -2.35. The quantitative estimate of drug-likeness (QED) is 0.541. The molecule has 0 saturated heterocycles. The summed E-state index contributed by atoms with van der Waals surface area (Å²) in [5, 5.41) is 21.0. The molecule has 0 spiro atoms. The van der Waals surface area contributed by atoms with E-state index in [0.29, 0.717) is 0 Å². The van der Waals surface area contributed by atoms with Crippen LogP contribution >= 0.6 is 0 Å². The number of aliphatic carboxylic acids is 2. The van der Waals surface area contributed by atoms with Crippen LogP contribution in [-0.2, 0) is 19.1 Å². The van der Waals surface area contributed by atoms with Crippen LogP contribution in [0.3, 0.4) is 0 Å². The van der Waals surface area contributed by atoms with Crippen LogP contribution in [0.5, 0.6) is 0 Å². The zero-order valence-electron chi connectivity index (χ0n) is 16.0. The SMILES string of the molecule is CC(C)(C)OC(=O)NC1(C(=O)O)CC1(C(=O)[C@@H](N)CC(=O)O)C(C)(C)C. The van der Waals surface area contributed by atoms with Gasteiger partial charge in [0, 0.05) is 0 Å². The number of rotatable bonds is 6. The van der Waals surface area contributed by atoms with E-state index in [2.05, 4.69) is 5.32 Å². The van der Waals surface area contributed by atoms with E-state index in [4.69, 9.17) is 15.6 Å². The number of carboxylic acid groups (broad SMARTS) is 2. The summed E-state index contributed by atoms with van der Waals surface area (Å²) < 4.78 is 5.12. The van der Waals surface area contributed by atoms with Crippen LogP contribution in [0.1, 0.15) is 54.4 Å². The minimum absolute atomic E-state index is 0.190. The Morgan fingerprint density at radius 3 is 1.96 bits per heavy atom. The van der Waals surface area contributed by atoms with Gasteiger partial charge in [-0.3, -0.25) is 9.59 Å². The largest absolute Gasteiger partial charge is 0.481 e. The van der Waals surface area contributed by atoms with Crippen LogP contribution in [0.4, 0.5) is 4.79 Å². The smallest absolute Gasteiger partial charge is 0.408 e. The number of Topliss-reactive ketones (excluding diaryl/α,β-unsaturated/α-hetero) is 1. The second-order valence-electron chi connectivity index (χ2n) is 8.74. The van der Waals surface area contributed by atoms with Gasteiger partial charge in [-0.1, -0.05) is 20.8 Å². The summed E-state index contributed by atoms with van der Waals surface area (Å²) in [6.45, 7) is 9.83. The fraction of sp³-hybridized carbons (Fsp3) is 0.765. The Kier molecular flexibility index (Phi) is 5.50. The highest BCUT2D eigenvalue weighted by Crippen LogP contribution is 2.67. The molecule has 9 heteroatoms. The Morgan fingerprint density at radius 1 is 1.12 bits per heavy atom. The number of ether oxygens (including phenoxy) is 1. The highest BCUT2D eigenvalue weighted by atomic mass is 16.6. The number of nitrogens with two attached hydrogens (primary N) is 1. The maximum atomic E-state index is 13.0. The van der Waals surface area contributed by atoms with Gasteiger partial charge in [0.05, 0.1) is 17.9 Å². The third-order valence-electron chi connectivity index (χ3n) is 4.65. The molecular weight excluding hydrogens is 344 g/mol. The molecule has 0 aromatic carbocycles. The number of carbonyl (C=O) groups is 4. The Hall–Kier alpha value is -2.16. The van der Waals surface area contributed by atoms with Crippen LogP contribution in [0, 0.1) is 10.8 Å². The third-order valence-corrected chi connectivity index (χ3v) is 4.65. The third kappa shape index (κ3) is 3.82. The standard InChI is InChI=1S/C17H28N2O7/c1-14(2,3)16(11(22)9(18)7-10(20)21)8-17(16,12(23)24)19-13(25)26-15(4,5)6/h9H,7-8,18H2,1-6H3,(H,19,25)(H,20,21)(H,23,24)/t9-,16?,17?/m0/s1. The maximum absolute atomic E-state index is 13.0. The number of alkyl carbamates (subject to hydrolysis) is 1. The van der Waals surface area contributed by atoms with Gasteiger partial charge in [0.15, 0.2) is 11.3 Å². The molecule has 2 unspecified atom stereocenters. The molecule has 0 aromatic rings. The summed E-state index contributed by atoms with van der Waals surface area (Å²) in [4.78, 5) is 48.0. The fourth-order valence-corrected chi connectivity index (χ4v) is 3.46. The van der Waals surface area contributed by atoms with Gasteiger partial charge >= 0.3 is 18.0 Å². The molecule has 1 aliphatic rings. The van der Waals surface area contributed by atoms with Gasteiger partial charge in [-0.25, -0.2) is 9.59 Å². The van der Waals surface area contributed by atoms with Crippen molar-refractivity contribution in [3.8, 4) is 0 Å². The lowest BCUT2D eigenvalue weighted by Crippen LogP contribution is -2.56. The topological polar surface area (TPSA) is 156 Å². The van der Waals surface area contributed by atoms with Gasteiger partial charge < -0.3 is 26.0 Å². The normalized spacial score (nSPS) is 26.6. The van der Waals surface area contributed by atoms with Gasteiger partial charge in [0.25, 0.3) is 0 Å². The summed E-state index contributed by atoms with van der Waals surface area (Å²) in [6.07, 6.45) is -1.78. The van der Waals surface area contributed by atoms with E-state index in [-0.39, 0.29) is 6.42 Å². The van der Waals surface area contributed by atoms with Gasteiger partial charge in [0.1, 0.15) is 5.60 Å². The van der Waals surface area contributed by atoms with Crippen LogP contribution in [0.2, 0.25) is 0 Å². The average molecular weight is 372 g/mol. The van der Waals surface area contributed by atoms with Crippen LogP contribution in [0.25, 0.3) is 0 Å². The molecule has 1 fully saturated rings. The van der Waals surface area contributed by atoms with Crippen LogP contribution < -0.4 is 11.1 Å². The molecule has 5 N–H and O–H groups in total. The molecule has 3 atom stereocenters. The number of hydrogen-bond donors (Lipinski definition) is 4. The van der Waals surface area contributed by atoms with Gasteiger partial charge in [-0.05, 0) is 32.6 Å². The highest BCUT2D eigenvalue weighted by molar-refractivity contribution is 6.06. The van der Waals surface area contributed by atoms with Crippen molar-refractivity contribution in [3.05, 3.63) is 0 Å². The molecule has 1 saturated carbocycles. The van der Waals surface area contributed by atoms with Gasteiger partial charge in [0.2, 0.25) is 0 Å². The number of carboxylic acids is 2. The van der Waals surface area contributed by atoms with Gasteiger partial charge in [-0.2, -0.15) is 0 Å². The van der Waals surface area contributed by atoms with E-state index >= 15 is 0 Å². The van der Waals surface area contributed by atoms with E-state index in [9.17, 15) is 24.3 Å². The van der Waals surface area contributed by atoms with Crippen molar-refractivity contribution in [1.82, 2.24) is 5.32 Å². The lowest BCUT2D eigenvalue weighted by molar-refractivity contribution is -0.147. The van der Waals surface area contributed by atoms with Crippen LogP contribution in [-0.4, -0.2) is 51.2 Å². The number of amides is 1. The molecule has 0 aromatic heterocycles. The second-order valence-corrected chi connectivity index (χ2v) is 8.74. The van der Waals surface area contributed by atoms with E-state index < -0.39 is 58.2 Å². The van der Waals surface area contributed by atoms with E-state index in [1.807, 2.05) is 0 Å². The van der Waals surface area contributed by atoms with Crippen molar-refractivity contribution in [1.29, 1.82) is 0 Å². The minimum Gasteiger partial charge on any atom is -0.481 e. The number of carbonyl (C=O) groups excluding carboxylic acids is 2. The molecule has 148 valence electrons. The Bertz CT molecular complexity index is 632. The molecule has 1 amide bonds. The average Bonchev–Trinajstić information content (AvgIpc) is 3.05. The summed E-state index contributed by atoms with van der Waals surface area (Å²) in [5.41, 5.74) is 0.532. The first-order valence-corrected chi connectivity index (χ1v) is 8.26. The molecule has 26 heavy (non-hydrogen) atoms. The first-order valence-electron chi connectivity index (χ1n) is 8.26. The van der Waals surface area contributed by atoms with Crippen molar-refractivity contribution in [3.63, 3.8) is 0 Å².